The SMILES string of the molecule is COc1cccc(F)c1C(C)NCc1cn(C)nc1C. The van der Waals surface area contributed by atoms with E-state index in [1.807, 2.05) is 27.1 Å². The number of nitrogens with one attached hydrogen (secondary N) is 1. The molecule has 0 fully saturated rings. The normalized spacial score (nSPS) is 12.4. The van der Waals surface area contributed by atoms with Gasteiger partial charge in [-0.25, -0.2) is 4.39 Å². The molecule has 0 amide bonds. The first-order chi connectivity index (χ1) is 9.52. The molecule has 2 aromatic rings. The van der Waals surface area contributed by atoms with E-state index in [4.69, 9.17) is 4.74 Å². The van der Waals surface area contributed by atoms with E-state index in [1.54, 1.807) is 23.9 Å². The third-order valence-electron chi connectivity index (χ3n) is 3.38. The molecule has 20 heavy (non-hydrogen) atoms. The summed E-state index contributed by atoms with van der Waals surface area (Å²) in [6.45, 7) is 4.52. The first-order valence-electron chi connectivity index (χ1n) is 6.57. The largest absolute Gasteiger partial charge is 0.496 e. The maximum Gasteiger partial charge on any atom is 0.131 e. The minimum atomic E-state index is -0.257. The minimum absolute atomic E-state index is 0.147. The van der Waals surface area contributed by atoms with Crippen molar-refractivity contribution in [2.75, 3.05) is 7.11 Å². The summed E-state index contributed by atoms with van der Waals surface area (Å²) in [5, 5.41) is 7.60. The fourth-order valence-corrected chi connectivity index (χ4v) is 2.30. The molecule has 0 aliphatic rings. The van der Waals surface area contributed by atoms with Crippen LogP contribution in [0.15, 0.2) is 24.4 Å². The molecule has 0 spiro atoms. The molecule has 0 saturated carbocycles. The van der Waals surface area contributed by atoms with Crippen LogP contribution in [0.4, 0.5) is 4.39 Å². The van der Waals surface area contributed by atoms with Gasteiger partial charge in [-0.05, 0) is 26.0 Å². The third-order valence-corrected chi connectivity index (χ3v) is 3.38. The van der Waals surface area contributed by atoms with Crippen molar-refractivity contribution in [1.82, 2.24) is 15.1 Å². The van der Waals surface area contributed by atoms with Crippen molar-refractivity contribution in [3.63, 3.8) is 0 Å². The van der Waals surface area contributed by atoms with Crippen molar-refractivity contribution in [2.45, 2.75) is 26.4 Å². The van der Waals surface area contributed by atoms with Gasteiger partial charge in [0.1, 0.15) is 11.6 Å². The molecule has 5 heteroatoms. The first kappa shape index (κ1) is 14.5. The van der Waals surface area contributed by atoms with Crippen LogP contribution in [-0.2, 0) is 13.6 Å². The lowest BCUT2D eigenvalue weighted by atomic mass is 10.1. The molecular weight excluding hydrogens is 257 g/mol. The van der Waals surface area contributed by atoms with Crippen molar-refractivity contribution in [3.8, 4) is 5.75 Å². The van der Waals surface area contributed by atoms with E-state index in [2.05, 4.69) is 10.4 Å². The van der Waals surface area contributed by atoms with Crippen LogP contribution in [0.5, 0.6) is 5.75 Å². The molecule has 0 bridgehead atoms. The van der Waals surface area contributed by atoms with E-state index in [0.717, 1.165) is 11.3 Å². The number of methoxy groups -OCH3 is 1. The van der Waals surface area contributed by atoms with E-state index in [9.17, 15) is 4.39 Å². The Morgan fingerprint density at radius 1 is 1.45 bits per heavy atom. The van der Waals surface area contributed by atoms with E-state index < -0.39 is 0 Å². The molecule has 1 heterocycles. The summed E-state index contributed by atoms with van der Waals surface area (Å²) in [6, 6.07) is 4.72. The average molecular weight is 277 g/mol. The maximum atomic E-state index is 14.0. The number of hydrogen-bond donors (Lipinski definition) is 1. The Hall–Kier alpha value is -1.88. The Bertz CT molecular complexity index is 595. The molecule has 0 radical (unpaired) electrons. The van der Waals surface area contributed by atoms with Gasteiger partial charge < -0.3 is 10.1 Å². The van der Waals surface area contributed by atoms with Gasteiger partial charge in [0.15, 0.2) is 0 Å². The number of ether oxygens (including phenoxy) is 1. The van der Waals surface area contributed by atoms with Gasteiger partial charge in [-0.2, -0.15) is 5.10 Å². The Balaban J connectivity index is 2.13. The molecule has 108 valence electrons. The standard InChI is InChI=1S/C15H20FN3O/c1-10-12(9-19(3)18-10)8-17-11(2)15-13(16)6-5-7-14(15)20-4/h5-7,9,11,17H,8H2,1-4H3. The van der Waals surface area contributed by atoms with E-state index in [-0.39, 0.29) is 11.9 Å². The number of aromatic nitrogens is 2. The highest BCUT2D eigenvalue weighted by Crippen LogP contribution is 2.27. The number of rotatable bonds is 5. The molecule has 1 aromatic heterocycles. The average Bonchev–Trinajstić information content (AvgIpc) is 2.74. The molecule has 0 saturated heterocycles. The quantitative estimate of drug-likeness (QED) is 0.913. The lowest BCUT2D eigenvalue weighted by Gasteiger charge is -2.17. The second-order valence-electron chi connectivity index (χ2n) is 4.87. The maximum absolute atomic E-state index is 14.0. The summed E-state index contributed by atoms with van der Waals surface area (Å²) in [5.41, 5.74) is 2.64. The zero-order chi connectivity index (χ0) is 14.7. The molecular formula is C15H20FN3O. The van der Waals surface area contributed by atoms with Gasteiger partial charge in [-0.1, -0.05) is 6.07 Å². The molecule has 0 aliphatic heterocycles. The number of aryl methyl sites for hydroxylation is 2. The van der Waals surface area contributed by atoms with Gasteiger partial charge in [-0.15, -0.1) is 0 Å². The zero-order valence-corrected chi connectivity index (χ0v) is 12.3. The second kappa shape index (κ2) is 6.05. The van der Waals surface area contributed by atoms with Crippen LogP contribution in [0.25, 0.3) is 0 Å². The third kappa shape index (κ3) is 2.99. The van der Waals surface area contributed by atoms with Crippen molar-refractivity contribution >= 4 is 0 Å². The Kier molecular flexibility index (Phi) is 4.39. The predicted octanol–water partition coefficient (Wildman–Crippen LogP) is 2.73. The second-order valence-corrected chi connectivity index (χ2v) is 4.87. The Morgan fingerprint density at radius 3 is 2.80 bits per heavy atom. The van der Waals surface area contributed by atoms with Crippen molar-refractivity contribution in [2.24, 2.45) is 7.05 Å². The molecule has 1 N–H and O–H groups in total. The minimum Gasteiger partial charge on any atom is -0.496 e. The number of hydrogen-bond acceptors (Lipinski definition) is 3. The van der Waals surface area contributed by atoms with Gasteiger partial charge >= 0.3 is 0 Å². The molecule has 1 unspecified atom stereocenters. The van der Waals surface area contributed by atoms with Crippen molar-refractivity contribution in [1.29, 1.82) is 0 Å². The van der Waals surface area contributed by atoms with E-state index in [0.29, 0.717) is 17.9 Å². The van der Waals surface area contributed by atoms with Crippen LogP contribution in [0.1, 0.15) is 29.8 Å². The summed E-state index contributed by atoms with van der Waals surface area (Å²) < 4.78 is 21.0. The zero-order valence-electron chi connectivity index (χ0n) is 12.3. The van der Waals surface area contributed by atoms with E-state index in [1.165, 1.54) is 6.07 Å². The van der Waals surface area contributed by atoms with Crippen LogP contribution >= 0.6 is 0 Å². The fourth-order valence-electron chi connectivity index (χ4n) is 2.30. The number of halogens is 1. The molecule has 4 nitrogen and oxygen atoms in total. The summed E-state index contributed by atoms with van der Waals surface area (Å²) in [4.78, 5) is 0. The Morgan fingerprint density at radius 2 is 2.20 bits per heavy atom. The molecule has 1 atom stereocenters. The summed E-state index contributed by atoms with van der Waals surface area (Å²) in [7, 11) is 3.44. The highest BCUT2D eigenvalue weighted by Gasteiger charge is 2.16. The predicted molar refractivity (Wildman–Crippen MR) is 76.2 cm³/mol. The highest BCUT2D eigenvalue weighted by atomic mass is 19.1. The van der Waals surface area contributed by atoms with Crippen LogP contribution in [0.3, 0.4) is 0 Å². The van der Waals surface area contributed by atoms with Gasteiger partial charge in [0.25, 0.3) is 0 Å². The highest BCUT2D eigenvalue weighted by molar-refractivity contribution is 5.37. The van der Waals surface area contributed by atoms with Crippen molar-refractivity contribution < 1.29 is 9.13 Å². The van der Waals surface area contributed by atoms with Crippen LogP contribution in [0, 0.1) is 12.7 Å². The first-order valence-corrected chi connectivity index (χ1v) is 6.57. The van der Waals surface area contributed by atoms with Crippen LogP contribution < -0.4 is 10.1 Å². The number of benzene rings is 1. The van der Waals surface area contributed by atoms with Gasteiger partial charge in [0.2, 0.25) is 0 Å². The molecule has 2 rings (SSSR count). The van der Waals surface area contributed by atoms with E-state index >= 15 is 0 Å². The van der Waals surface area contributed by atoms with Crippen LogP contribution in [-0.4, -0.2) is 16.9 Å². The smallest absolute Gasteiger partial charge is 0.131 e. The fraction of sp³-hybridized carbons (Fsp3) is 0.400. The summed E-state index contributed by atoms with van der Waals surface area (Å²) >= 11 is 0. The van der Waals surface area contributed by atoms with Gasteiger partial charge in [0.05, 0.1) is 12.8 Å². The van der Waals surface area contributed by atoms with Gasteiger partial charge in [-0.3, -0.25) is 4.68 Å². The number of nitrogens with zero attached hydrogens (tertiary/aromatic N) is 2. The monoisotopic (exact) mass is 277 g/mol. The van der Waals surface area contributed by atoms with Crippen LogP contribution in [0.2, 0.25) is 0 Å². The lowest BCUT2D eigenvalue weighted by Crippen LogP contribution is -2.20. The Labute approximate surface area is 118 Å². The summed E-state index contributed by atoms with van der Waals surface area (Å²) in [6.07, 6.45) is 1.97. The molecule has 0 aliphatic carbocycles. The molecule has 1 aromatic carbocycles. The lowest BCUT2D eigenvalue weighted by molar-refractivity contribution is 0.393. The van der Waals surface area contributed by atoms with Crippen molar-refractivity contribution in [3.05, 3.63) is 47.0 Å². The van der Waals surface area contributed by atoms with Gasteiger partial charge in [0, 0.05) is 37.0 Å². The topological polar surface area (TPSA) is 39.1 Å². The summed E-state index contributed by atoms with van der Waals surface area (Å²) in [5.74, 6) is 0.306.